The molecular weight excluding hydrogens is 266 g/mol. The molecule has 0 aliphatic heterocycles. The predicted octanol–water partition coefficient (Wildman–Crippen LogP) is -0.142. The molecule has 8 heteroatoms. The molecule has 0 spiro atoms. The molecule has 7 nitrogen and oxygen atoms in total. The second-order valence-electron chi connectivity index (χ2n) is 4.89. The van der Waals surface area contributed by atoms with Crippen LogP contribution in [0.2, 0.25) is 0 Å². The lowest BCUT2D eigenvalue weighted by Crippen LogP contribution is -2.39. The van der Waals surface area contributed by atoms with Crippen molar-refractivity contribution in [1.29, 1.82) is 0 Å². The summed E-state index contributed by atoms with van der Waals surface area (Å²) in [6.45, 7) is 5.07. The van der Waals surface area contributed by atoms with E-state index in [4.69, 9.17) is 0 Å². The Labute approximate surface area is 113 Å². The molecule has 0 radical (unpaired) electrons. The Balaban J connectivity index is 1.85. The highest BCUT2D eigenvalue weighted by Crippen LogP contribution is 2.18. The van der Waals surface area contributed by atoms with Crippen molar-refractivity contribution in [2.75, 3.05) is 6.54 Å². The maximum Gasteiger partial charge on any atom is 0.215 e. The molecule has 1 atom stereocenters. The summed E-state index contributed by atoms with van der Waals surface area (Å²) in [6.07, 6.45) is 3.90. The van der Waals surface area contributed by atoms with Crippen LogP contribution < -0.4 is 10.0 Å². The van der Waals surface area contributed by atoms with Gasteiger partial charge in [0.2, 0.25) is 10.0 Å². The highest BCUT2D eigenvalue weighted by atomic mass is 32.2. The maximum atomic E-state index is 12.0. The van der Waals surface area contributed by atoms with E-state index in [1.165, 1.54) is 0 Å². The van der Waals surface area contributed by atoms with Gasteiger partial charge in [-0.1, -0.05) is 0 Å². The van der Waals surface area contributed by atoms with Crippen LogP contribution >= 0.6 is 0 Å². The lowest BCUT2D eigenvalue weighted by Gasteiger charge is -2.14. The summed E-state index contributed by atoms with van der Waals surface area (Å²) in [4.78, 5) is 0. The average Bonchev–Trinajstić information content (AvgIpc) is 3.10. The molecule has 1 unspecified atom stereocenters. The Morgan fingerprint density at radius 3 is 2.89 bits per heavy atom. The summed E-state index contributed by atoms with van der Waals surface area (Å²) in [5, 5.41) is 10.4. The van der Waals surface area contributed by atoms with E-state index in [0.29, 0.717) is 18.4 Å². The Hall–Kier alpha value is -0.990. The number of rotatable bonds is 8. The fraction of sp³-hybridized carbons (Fsp3) is 0.818. The number of nitrogens with zero attached hydrogens (tertiary/aromatic N) is 3. The highest BCUT2D eigenvalue weighted by Gasteiger charge is 2.25. The minimum absolute atomic E-state index is 0.184. The largest absolute Gasteiger partial charge is 0.317 e. The monoisotopic (exact) mass is 287 g/mol. The third kappa shape index (κ3) is 3.99. The minimum Gasteiger partial charge on any atom is -0.317 e. The van der Waals surface area contributed by atoms with Crippen LogP contribution in [0.3, 0.4) is 0 Å². The first kappa shape index (κ1) is 14.4. The molecular formula is C11H21N5O2S. The lowest BCUT2D eigenvalue weighted by atomic mass is 10.4. The van der Waals surface area contributed by atoms with Crippen LogP contribution in [0.5, 0.6) is 0 Å². The van der Waals surface area contributed by atoms with Gasteiger partial charge in [0.15, 0.2) is 0 Å². The Bertz CT molecular complexity index is 509. The van der Waals surface area contributed by atoms with E-state index in [1.54, 1.807) is 13.3 Å². The zero-order chi connectivity index (χ0) is 13.9. The molecule has 1 aromatic heterocycles. The molecule has 2 N–H and O–H groups in total. The zero-order valence-electron chi connectivity index (χ0n) is 11.3. The van der Waals surface area contributed by atoms with Crippen molar-refractivity contribution in [2.45, 2.75) is 51.1 Å². The second-order valence-corrected chi connectivity index (χ2v) is 7.08. The molecule has 1 aliphatic carbocycles. The van der Waals surface area contributed by atoms with E-state index in [1.807, 2.05) is 11.5 Å². The van der Waals surface area contributed by atoms with E-state index in [-0.39, 0.29) is 6.54 Å². The first-order valence-corrected chi connectivity index (χ1v) is 8.16. The topological polar surface area (TPSA) is 88.9 Å². The van der Waals surface area contributed by atoms with E-state index in [2.05, 4.69) is 20.2 Å². The minimum atomic E-state index is -3.32. The maximum absolute atomic E-state index is 12.0. The molecule has 0 aromatic carbocycles. The molecule has 1 aromatic rings. The van der Waals surface area contributed by atoms with Crippen LogP contribution in [0, 0.1) is 0 Å². The summed E-state index contributed by atoms with van der Waals surface area (Å²) in [6, 6.07) is 0.515. The molecule has 0 bridgehead atoms. The first-order chi connectivity index (χ1) is 9.03. The first-order valence-electron chi connectivity index (χ1n) is 6.61. The van der Waals surface area contributed by atoms with Gasteiger partial charge in [-0.3, -0.25) is 0 Å². The number of hydrogen-bond acceptors (Lipinski definition) is 5. The fourth-order valence-electron chi connectivity index (χ4n) is 1.72. The van der Waals surface area contributed by atoms with Gasteiger partial charge in [0.05, 0.1) is 11.8 Å². The van der Waals surface area contributed by atoms with E-state index < -0.39 is 15.3 Å². The van der Waals surface area contributed by atoms with Crippen molar-refractivity contribution in [3.63, 3.8) is 0 Å². The number of aromatic nitrogens is 3. The van der Waals surface area contributed by atoms with Gasteiger partial charge in [-0.15, -0.1) is 10.2 Å². The zero-order valence-corrected chi connectivity index (χ0v) is 12.2. The van der Waals surface area contributed by atoms with Gasteiger partial charge in [0, 0.05) is 19.1 Å². The third-order valence-electron chi connectivity index (χ3n) is 3.27. The Morgan fingerprint density at radius 1 is 1.53 bits per heavy atom. The van der Waals surface area contributed by atoms with Crippen LogP contribution in [0.25, 0.3) is 0 Å². The van der Waals surface area contributed by atoms with E-state index in [0.717, 1.165) is 19.4 Å². The smallest absolute Gasteiger partial charge is 0.215 e. The Kier molecular flexibility index (Phi) is 4.54. The van der Waals surface area contributed by atoms with E-state index in [9.17, 15) is 8.42 Å². The molecule has 2 rings (SSSR count). The van der Waals surface area contributed by atoms with Gasteiger partial charge in [-0.25, -0.2) is 13.1 Å². The van der Waals surface area contributed by atoms with Gasteiger partial charge in [0.1, 0.15) is 12.2 Å². The molecule has 19 heavy (non-hydrogen) atoms. The number of sulfonamides is 1. The molecule has 108 valence electrons. The van der Waals surface area contributed by atoms with Crippen molar-refractivity contribution in [3.8, 4) is 0 Å². The molecule has 1 saturated carbocycles. The van der Waals surface area contributed by atoms with Gasteiger partial charge in [0.25, 0.3) is 0 Å². The molecule has 0 amide bonds. The quantitative estimate of drug-likeness (QED) is 0.694. The molecule has 1 heterocycles. The number of nitrogens with one attached hydrogen (secondary N) is 2. The Morgan fingerprint density at radius 2 is 2.26 bits per heavy atom. The van der Waals surface area contributed by atoms with E-state index >= 15 is 0 Å². The average molecular weight is 287 g/mol. The normalized spacial score (nSPS) is 17.6. The standard InChI is InChI=1S/C11H21N5O2S/c1-3-16-8-13-15-11(16)7-14-19(17,18)9(2)6-12-10-4-5-10/h8-10,12,14H,3-7H2,1-2H3. The van der Waals surface area contributed by atoms with Crippen LogP contribution in [0.4, 0.5) is 0 Å². The number of aryl methyl sites for hydroxylation is 1. The molecule has 1 fully saturated rings. The van der Waals surface area contributed by atoms with Crippen molar-refractivity contribution in [3.05, 3.63) is 12.2 Å². The van der Waals surface area contributed by atoms with Crippen LogP contribution in [0.1, 0.15) is 32.5 Å². The van der Waals surface area contributed by atoms with Gasteiger partial charge >= 0.3 is 0 Å². The van der Waals surface area contributed by atoms with Crippen LogP contribution in [-0.4, -0.2) is 41.0 Å². The van der Waals surface area contributed by atoms with Crippen molar-refractivity contribution < 1.29 is 8.42 Å². The molecule has 0 saturated heterocycles. The van der Waals surface area contributed by atoms with Crippen molar-refractivity contribution >= 4 is 10.0 Å². The summed E-state index contributed by atoms with van der Waals surface area (Å²) >= 11 is 0. The van der Waals surface area contributed by atoms with Gasteiger partial charge < -0.3 is 9.88 Å². The summed E-state index contributed by atoms with van der Waals surface area (Å²) in [5.41, 5.74) is 0. The lowest BCUT2D eigenvalue weighted by molar-refractivity contribution is 0.552. The van der Waals surface area contributed by atoms with Gasteiger partial charge in [-0.2, -0.15) is 0 Å². The second kappa shape index (κ2) is 5.98. The third-order valence-corrected chi connectivity index (χ3v) is 5.04. The van der Waals surface area contributed by atoms with Crippen LogP contribution in [-0.2, 0) is 23.1 Å². The fourth-order valence-corrected chi connectivity index (χ4v) is 2.65. The van der Waals surface area contributed by atoms with Crippen molar-refractivity contribution in [1.82, 2.24) is 24.8 Å². The van der Waals surface area contributed by atoms with Crippen molar-refractivity contribution in [2.24, 2.45) is 0 Å². The van der Waals surface area contributed by atoms with Crippen LogP contribution in [0.15, 0.2) is 6.33 Å². The highest BCUT2D eigenvalue weighted by molar-refractivity contribution is 7.90. The number of hydrogen-bond donors (Lipinski definition) is 2. The summed E-state index contributed by atoms with van der Waals surface area (Å²) < 4.78 is 28.5. The summed E-state index contributed by atoms with van der Waals surface area (Å²) in [5.74, 6) is 0.633. The summed E-state index contributed by atoms with van der Waals surface area (Å²) in [7, 11) is -3.32. The molecule has 1 aliphatic rings. The SMILES string of the molecule is CCn1cnnc1CNS(=O)(=O)C(C)CNC1CC1. The predicted molar refractivity (Wildman–Crippen MR) is 71.9 cm³/mol. The van der Waals surface area contributed by atoms with Gasteiger partial charge in [-0.05, 0) is 26.7 Å².